The van der Waals surface area contributed by atoms with Crippen LogP contribution in [0.4, 0.5) is 0 Å². The number of carbonyl (C=O) groups is 2. The SMILES string of the molecule is N#Cc1ccc(C(=O)N(CC(=O)N2CCNCC2)C2CCCCC2)cc1. The van der Waals surface area contributed by atoms with Crippen LogP contribution in [0.1, 0.15) is 48.0 Å². The van der Waals surface area contributed by atoms with Gasteiger partial charge in [0.25, 0.3) is 5.91 Å². The highest BCUT2D eigenvalue weighted by molar-refractivity contribution is 5.96. The maximum atomic E-state index is 13.1. The second-order valence-electron chi connectivity index (χ2n) is 7.04. The molecule has 26 heavy (non-hydrogen) atoms. The summed E-state index contributed by atoms with van der Waals surface area (Å²) in [6.45, 7) is 3.14. The lowest BCUT2D eigenvalue weighted by Crippen LogP contribution is -2.52. The Balaban J connectivity index is 1.76. The quantitative estimate of drug-likeness (QED) is 0.894. The van der Waals surface area contributed by atoms with Gasteiger partial charge in [-0.1, -0.05) is 19.3 Å². The Morgan fingerprint density at radius 1 is 1.12 bits per heavy atom. The number of nitrogens with one attached hydrogen (secondary N) is 1. The molecule has 0 spiro atoms. The molecule has 0 radical (unpaired) electrons. The van der Waals surface area contributed by atoms with E-state index in [9.17, 15) is 9.59 Å². The third kappa shape index (κ3) is 4.41. The molecule has 1 saturated heterocycles. The smallest absolute Gasteiger partial charge is 0.254 e. The summed E-state index contributed by atoms with van der Waals surface area (Å²) in [6, 6.07) is 8.88. The minimum absolute atomic E-state index is 0.0269. The molecule has 0 aromatic heterocycles. The molecule has 6 heteroatoms. The monoisotopic (exact) mass is 354 g/mol. The van der Waals surface area contributed by atoms with Crippen LogP contribution in [-0.2, 0) is 4.79 Å². The van der Waals surface area contributed by atoms with E-state index >= 15 is 0 Å². The predicted octanol–water partition coefficient (Wildman–Crippen LogP) is 1.76. The van der Waals surface area contributed by atoms with E-state index in [1.165, 1.54) is 6.42 Å². The molecule has 0 atom stereocenters. The Bertz CT molecular complexity index is 668. The number of rotatable bonds is 4. The van der Waals surface area contributed by atoms with Crippen molar-refractivity contribution in [1.82, 2.24) is 15.1 Å². The van der Waals surface area contributed by atoms with Crippen LogP contribution in [0.2, 0.25) is 0 Å². The summed E-state index contributed by atoms with van der Waals surface area (Å²) in [7, 11) is 0. The molecule has 1 heterocycles. The standard InChI is InChI=1S/C20H26N4O2/c21-14-16-6-8-17(9-7-16)20(26)24(18-4-2-1-3-5-18)15-19(25)23-12-10-22-11-13-23/h6-9,18,22H,1-5,10-13,15H2. The van der Waals surface area contributed by atoms with Gasteiger partial charge >= 0.3 is 0 Å². The fourth-order valence-electron chi connectivity index (χ4n) is 3.77. The Morgan fingerprint density at radius 3 is 2.38 bits per heavy atom. The van der Waals surface area contributed by atoms with Crippen LogP contribution < -0.4 is 5.32 Å². The Labute approximate surface area is 154 Å². The maximum absolute atomic E-state index is 13.1. The fraction of sp³-hybridized carbons (Fsp3) is 0.550. The van der Waals surface area contributed by atoms with Crippen molar-refractivity contribution in [3.05, 3.63) is 35.4 Å². The minimum Gasteiger partial charge on any atom is -0.339 e. The van der Waals surface area contributed by atoms with E-state index in [1.807, 2.05) is 4.90 Å². The number of amides is 2. The van der Waals surface area contributed by atoms with Crippen molar-refractivity contribution in [2.24, 2.45) is 0 Å². The molecule has 0 unspecified atom stereocenters. The van der Waals surface area contributed by atoms with Crippen LogP contribution in [0, 0.1) is 11.3 Å². The molecule has 138 valence electrons. The summed E-state index contributed by atoms with van der Waals surface area (Å²) in [5, 5.41) is 12.2. The predicted molar refractivity (Wildman–Crippen MR) is 98.5 cm³/mol. The van der Waals surface area contributed by atoms with E-state index in [4.69, 9.17) is 5.26 Å². The highest BCUT2D eigenvalue weighted by Gasteiger charge is 2.30. The molecule has 1 N–H and O–H groups in total. The summed E-state index contributed by atoms with van der Waals surface area (Å²) in [5.41, 5.74) is 1.07. The maximum Gasteiger partial charge on any atom is 0.254 e. The first-order valence-electron chi connectivity index (χ1n) is 9.48. The second kappa shape index (κ2) is 8.81. The molecule has 2 fully saturated rings. The summed E-state index contributed by atoms with van der Waals surface area (Å²) >= 11 is 0. The number of carbonyl (C=O) groups excluding carboxylic acids is 2. The molecular formula is C20H26N4O2. The van der Waals surface area contributed by atoms with Crippen molar-refractivity contribution in [3.63, 3.8) is 0 Å². The van der Waals surface area contributed by atoms with E-state index in [0.29, 0.717) is 24.2 Å². The van der Waals surface area contributed by atoms with Gasteiger partial charge in [0.15, 0.2) is 0 Å². The van der Waals surface area contributed by atoms with Crippen molar-refractivity contribution in [2.45, 2.75) is 38.1 Å². The van der Waals surface area contributed by atoms with Crippen LogP contribution in [0.3, 0.4) is 0 Å². The topological polar surface area (TPSA) is 76.4 Å². The van der Waals surface area contributed by atoms with Gasteiger partial charge in [-0.05, 0) is 37.1 Å². The molecule has 1 aliphatic carbocycles. The Morgan fingerprint density at radius 2 is 1.77 bits per heavy atom. The van der Waals surface area contributed by atoms with Crippen molar-refractivity contribution >= 4 is 11.8 Å². The normalized spacial score (nSPS) is 18.2. The second-order valence-corrected chi connectivity index (χ2v) is 7.04. The van der Waals surface area contributed by atoms with Gasteiger partial charge in [0.2, 0.25) is 5.91 Å². The van der Waals surface area contributed by atoms with Crippen molar-refractivity contribution in [3.8, 4) is 6.07 Å². The number of hydrogen-bond donors (Lipinski definition) is 1. The summed E-state index contributed by atoms with van der Waals surface area (Å²) in [4.78, 5) is 29.5. The molecule has 1 aromatic carbocycles. The zero-order valence-electron chi connectivity index (χ0n) is 15.1. The molecule has 1 saturated carbocycles. The first kappa shape index (κ1) is 18.4. The van der Waals surface area contributed by atoms with Gasteiger partial charge in [-0.2, -0.15) is 5.26 Å². The van der Waals surface area contributed by atoms with E-state index in [-0.39, 0.29) is 24.4 Å². The van der Waals surface area contributed by atoms with Gasteiger partial charge in [0, 0.05) is 37.8 Å². The first-order valence-corrected chi connectivity index (χ1v) is 9.48. The van der Waals surface area contributed by atoms with Crippen molar-refractivity contribution < 1.29 is 9.59 Å². The molecule has 6 nitrogen and oxygen atoms in total. The Kier molecular flexibility index (Phi) is 6.24. The van der Waals surface area contributed by atoms with Gasteiger partial charge in [-0.15, -0.1) is 0 Å². The van der Waals surface area contributed by atoms with Gasteiger partial charge in [-0.25, -0.2) is 0 Å². The first-order chi connectivity index (χ1) is 12.7. The third-order valence-electron chi connectivity index (χ3n) is 5.31. The van der Waals surface area contributed by atoms with E-state index in [0.717, 1.165) is 38.8 Å². The average molecular weight is 354 g/mol. The van der Waals surface area contributed by atoms with Crippen LogP contribution in [0.15, 0.2) is 24.3 Å². The van der Waals surface area contributed by atoms with Gasteiger partial charge in [0.05, 0.1) is 11.6 Å². The van der Waals surface area contributed by atoms with E-state index < -0.39 is 0 Å². The lowest BCUT2D eigenvalue weighted by molar-refractivity contribution is -0.133. The summed E-state index contributed by atoms with van der Waals surface area (Å²) in [6.07, 6.45) is 5.31. The lowest BCUT2D eigenvalue weighted by Gasteiger charge is -2.36. The molecule has 2 amide bonds. The highest BCUT2D eigenvalue weighted by atomic mass is 16.2. The fourth-order valence-corrected chi connectivity index (χ4v) is 3.77. The number of benzene rings is 1. The molecule has 1 aromatic rings. The number of nitriles is 1. The highest BCUT2D eigenvalue weighted by Crippen LogP contribution is 2.24. The zero-order valence-corrected chi connectivity index (χ0v) is 15.1. The average Bonchev–Trinajstić information content (AvgIpc) is 2.72. The molecule has 1 aliphatic heterocycles. The van der Waals surface area contributed by atoms with Crippen molar-refractivity contribution in [2.75, 3.05) is 32.7 Å². The van der Waals surface area contributed by atoms with Gasteiger partial charge < -0.3 is 15.1 Å². The number of nitrogens with zero attached hydrogens (tertiary/aromatic N) is 3. The largest absolute Gasteiger partial charge is 0.339 e. The Hall–Kier alpha value is -2.39. The van der Waals surface area contributed by atoms with Crippen LogP contribution in [0.25, 0.3) is 0 Å². The van der Waals surface area contributed by atoms with Crippen LogP contribution >= 0.6 is 0 Å². The van der Waals surface area contributed by atoms with Crippen molar-refractivity contribution in [1.29, 1.82) is 5.26 Å². The van der Waals surface area contributed by atoms with Crippen LogP contribution in [0.5, 0.6) is 0 Å². The third-order valence-corrected chi connectivity index (χ3v) is 5.31. The molecule has 3 rings (SSSR count). The van der Waals surface area contributed by atoms with Crippen LogP contribution in [-0.4, -0.2) is 60.4 Å². The summed E-state index contributed by atoms with van der Waals surface area (Å²) in [5.74, 6) is -0.0797. The van der Waals surface area contributed by atoms with Gasteiger partial charge in [-0.3, -0.25) is 9.59 Å². The molecule has 2 aliphatic rings. The number of piperazine rings is 1. The van der Waals surface area contributed by atoms with E-state index in [1.54, 1.807) is 29.2 Å². The molecule has 0 bridgehead atoms. The zero-order chi connectivity index (χ0) is 18.4. The lowest BCUT2D eigenvalue weighted by atomic mass is 9.93. The minimum atomic E-state index is -0.107. The van der Waals surface area contributed by atoms with Gasteiger partial charge in [0.1, 0.15) is 6.54 Å². The molecular weight excluding hydrogens is 328 g/mol. The number of hydrogen-bond acceptors (Lipinski definition) is 4. The summed E-state index contributed by atoms with van der Waals surface area (Å²) < 4.78 is 0. The van der Waals surface area contributed by atoms with E-state index in [2.05, 4.69) is 11.4 Å².